The first-order valence-corrected chi connectivity index (χ1v) is 16.5. The van der Waals surface area contributed by atoms with Crippen LogP contribution in [0, 0.1) is 0 Å². The lowest BCUT2D eigenvalue weighted by Crippen LogP contribution is -3.02. The van der Waals surface area contributed by atoms with Crippen molar-refractivity contribution in [3.63, 3.8) is 0 Å². The summed E-state index contributed by atoms with van der Waals surface area (Å²) in [5.41, 5.74) is 0. The van der Waals surface area contributed by atoms with Crippen molar-refractivity contribution in [3.05, 3.63) is 0 Å². The topological polar surface area (TPSA) is 61.1 Å². The highest BCUT2D eigenvalue weighted by molar-refractivity contribution is 6.77. The van der Waals surface area contributed by atoms with Crippen molar-refractivity contribution in [3.8, 4) is 0 Å². The van der Waals surface area contributed by atoms with Crippen LogP contribution >= 0.6 is 0 Å². The fourth-order valence-corrected chi connectivity index (χ4v) is 15.6. The quantitative estimate of drug-likeness (QED) is 0.331. The zero-order valence-electron chi connectivity index (χ0n) is 23.8. The SMILES string of the molecule is CC(C)N(C)[Si]1(N(C(C)C)C(C)C)NN[Si](N(C(C)C)C(C)C)(N(C(C)C)C(C)C)NN1. The third-order valence-corrected chi connectivity index (χ3v) is 15.8. The maximum Gasteiger partial charge on any atom is 0.398 e. The number of hydrogen-bond acceptors (Lipinski definition) is 8. The molecule has 0 aliphatic carbocycles. The van der Waals surface area contributed by atoms with E-state index in [4.69, 9.17) is 0 Å². The summed E-state index contributed by atoms with van der Waals surface area (Å²) in [7, 11) is -2.80. The summed E-state index contributed by atoms with van der Waals surface area (Å²) in [6, 6.07) is 2.79. The largest absolute Gasteiger partial charge is 0.398 e. The Bertz CT molecular complexity index is 514. The monoisotopic (exact) mass is 488 g/mol. The minimum atomic E-state index is -2.55. The van der Waals surface area contributed by atoms with Crippen LogP contribution in [0.4, 0.5) is 0 Å². The Kier molecular flexibility index (Phi) is 11.0. The third kappa shape index (κ3) is 5.84. The summed E-state index contributed by atoms with van der Waals surface area (Å²) in [5.74, 6) is 0. The van der Waals surface area contributed by atoms with E-state index in [9.17, 15) is 0 Å². The van der Waals surface area contributed by atoms with Gasteiger partial charge in [0, 0.05) is 42.3 Å². The van der Waals surface area contributed by atoms with Crippen LogP contribution in [0.5, 0.6) is 0 Å². The molecule has 1 aliphatic heterocycles. The van der Waals surface area contributed by atoms with Gasteiger partial charge in [0.1, 0.15) is 0 Å². The Morgan fingerprint density at radius 3 is 0.812 bits per heavy atom. The molecule has 1 heterocycles. The highest BCUT2D eigenvalue weighted by Crippen LogP contribution is 2.26. The first-order valence-electron chi connectivity index (χ1n) is 12.7. The van der Waals surface area contributed by atoms with Crippen molar-refractivity contribution in [2.45, 2.75) is 139 Å². The van der Waals surface area contributed by atoms with Crippen LogP contribution < -0.4 is 20.4 Å². The van der Waals surface area contributed by atoms with Crippen LogP contribution in [-0.2, 0) is 0 Å². The number of hydrazine groups is 2. The van der Waals surface area contributed by atoms with Crippen LogP contribution in [0.2, 0.25) is 0 Å². The van der Waals surface area contributed by atoms with Gasteiger partial charge in [-0.05, 0) is 7.05 Å². The molecule has 1 saturated heterocycles. The lowest BCUT2D eigenvalue weighted by atomic mass is 10.3. The van der Waals surface area contributed by atoms with Gasteiger partial charge in [-0.15, -0.1) is 0 Å². The summed E-state index contributed by atoms with van der Waals surface area (Å²) in [6.45, 7) is 32.2. The molecule has 1 aliphatic rings. The fourth-order valence-electron chi connectivity index (χ4n) is 5.69. The van der Waals surface area contributed by atoms with Gasteiger partial charge in [-0.25, -0.2) is 20.4 Å². The highest BCUT2D eigenvalue weighted by atomic mass is 28.4. The van der Waals surface area contributed by atoms with Crippen molar-refractivity contribution in [2.75, 3.05) is 7.05 Å². The van der Waals surface area contributed by atoms with Crippen molar-refractivity contribution in [2.24, 2.45) is 0 Å². The Morgan fingerprint density at radius 1 is 0.375 bits per heavy atom. The highest BCUT2D eigenvalue weighted by Gasteiger charge is 2.61. The van der Waals surface area contributed by atoms with E-state index in [0.717, 1.165) is 0 Å². The van der Waals surface area contributed by atoms with E-state index < -0.39 is 17.4 Å². The van der Waals surface area contributed by atoms with Gasteiger partial charge in [0.05, 0.1) is 0 Å². The second-order valence-electron chi connectivity index (χ2n) is 11.3. The van der Waals surface area contributed by atoms with Crippen molar-refractivity contribution in [1.82, 2.24) is 38.6 Å². The van der Waals surface area contributed by atoms with Gasteiger partial charge < -0.3 is 0 Å². The average molecular weight is 489 g/mol. The molecular weight excluding hydrogens is 432 g/mol. The van der Waals surface area contributed by atoms with Gasteiger partial charge in [0.25, 0.3) is 0 Å². The smallest absolute Gasteiger partial charge is 0.286 e. The van der Waals surface area contributed by atoms with Gasteiger partial charge in [0.15, 0.2) is 0 Å². The number of nitrogens with zero attached hydrogens (tertiary/aromatic N) is 4. The van der Waals surface area contributed by atoms with Crippen molar-refractivity contribution in [1.29, 1.82) is 0 Å². The van der Waals surface area contributed by atoms with Crippen molar-refractivity contribution >= 4 is 17.4 Å². The van der Waals surface area contributed by atoms with Crippen LogP contribution in [0.1, 0.15) is 96.9 Å². The van der Waals surface area contributed by atoms with Crippen LogP contribution in [-0.4, -0.2) is 85.0 Å². The molecule has 0 spiro atoms. The Labute approximate surface area is 202 Å². The minimum Gasteiger partial charge on any atom is -0.286 e. The molecule has 0 aromatic carbocycles. The second-order valence-corrected chi connectivity index (χ2v) is 17.3. The number of nitrogens with one attached hydrogen (secondary N) is 4. The van der Waals surface area contributed by atoms with Gasteiger partial charge in [0.2, 0.25) is 0 Å². The Hall–Kier alpha value is 0.114. The van der Waals surface area contributed by atoms with Crippen LogP contribution in [0.25, 0.3) is 0 Å². The zero-order chi connectivity index (χ0) is 25.2. The average Bonchev–Trinajstić information content (AvgIpc) is 2.60. The standard InChI is InChI=1S/C22H56N8Si2/c1-16(2)27(15)31(28(17(3)4)18(5)6)23-25-32(26-24-31,29(19(7)8)20(9)10)30(21(11)12)22(13)14/h16-26H,1-15H3. The molecule has 0 amide bonds. The molecule has 192 valence electrons. The Balaban J connectivity index is 3.65. The molecule has 1 rings (SSSR count). The molecule has 0 radical (unpaired) electrons. The van der Waals surface area contributed by atoms with E-state index in [1.807, 2.05) is 0 Å². The van der Waals surface area contributed by atoms with Crippen LogP contribution in [0.15, 0.2) is 0 Å². The molecule has 0 aromatic heterocycles. The molecule has 0 bridgehead atoms. The number of rotatable bonds is 11. The van der Waals surface area contributed by atoms with E-state index in [2.05, 4.69) is 143 Å². The van der Waals surface area contributed by atoms with E-state index in [-0.39, 0.29) is 0 Å². The van der Waals surface area contributed by atoms with Gasteiger partial charge in [-0.3, -0.25) is 18.3 Å². The maximum atomic E-state index is 4.02. The van der Waals surface area contributed by atoms with E-state index in [1.165, 1.54) is 0 Å². The molecular formula is C22H56N8Si2. The summed E-state index contributed by atoms with van der Waals surface area (Å²) in [4.78, 5) is 0. The van der Waals surface area contributed by atoms with Gasteiger partial charge in [-0.1, -0.05) is 96.9 Å². The first-order chi connectivity index (χ1) is 14.6. The zero-order valence-corrected chi connectivity index (χ0v) is 25.8. The molecule has 4 N–H and O–H groups in total. The van der Waals surface area contributed by atoms with Gasteiger partial charge in [-0.2, -0.15) is 0 Å². The predicted octanol–water partition coefficient (Wildman–Crippen LogP) is 2.76. The predicted molar refractivity (Wildman–Crippen MR) is 143 cm³/mol. The summed E-state index contributed by atoms with van der Waals surface area (Å²) in [5, 5.41) is 16.0. The summed E-state index contributed by atoms with van der Waals surface area (Å²) in [6.07, 6.45) is 0. The van der Waals surface area contributed by atoms with Crippen molar-refractivity contribution < 1.29 is 0 Å². The molecule has 0 atom stereocenters. The lowest BCUT2D eigenvalue weighted by molar-refractivity contribution is 0.158. The molecule has 0 aromatic rings. The lowest BCUT2D eigenvalue weighted by Gasteiger charge is -2.62. The van der Waals surface area contributed by atoms with E-state index in [1.54, 1.807) is 0 Å². The summed E-state index contributed by atoms with van der Waals surface area (Å²) >= 11 is 0. The molecule has 8 nitrogen and oxygen atoms in total. The van der Waals surface area contributed by atoms with Crippen LogP contribution in [0.3, 0.4) is 0 Å². The normalized spacial score (nSPS) is 19.7. The molecule has 1 fully saturated rings. The molecule has 0 unspecified atom stereocenters. The molecule has 0 saturated carbocycles. The molecule has 32 heavy (non-hydrogen) atoms. The summed E-state index contributed by atoms with van der Waals surface area (Å²) < 4.78 is 10.5. The Morgan fingerprint density at radius 2 is 0.594 bits per heavy atom. The maximum absolute atomic E-state index is 4.02. The van der Waals surface area contributed by atoms with Gasteiger partial charge >= 0.3 is 17.4 Å². The number of hydrogen-bond donors (Lipinski definition) is 4. The third-order valence-electron chi connectivity index (χ3n) is 6.57. The van der Waals surface area contributed by atoms with E-state index in [0.29, 0.717) is 42.3 Å². The first kappa shape index (κ1) is 30.1. The fraction of sp³-hybridized carbons (Fsp3) is 1.00. The minimum absolute atomic E-state index is 0.397. The van der Waals surface area contributed by atoms with E-state index >= 15 is 0 Å². The molecule has 10 heteroatoms. The second kappa shape index (κ2) is 11.7.